The fourth-order valence-electron chi connectivity index (χ4n) is 1.49. The summed E-state index contributed by atoms with van der Waals surface area (Å²) in [5, 5.41) is 12.8. The first-order chi connectivity index (χ1) is 8.69. The van der Waals surface area contributed by atoms with Crippen LogP contribution in [-0.4, -0.2) is 33.3 Å². The zero-order valence-corrected chi connectivity index (χ0v) is 10.9. The molecule has 3 N–H and O–H groups in total. The number of carbonyl (C=O) groups is 1. The number of phenols is 1. The summed E-state index contributed by atoms with van der Waals surface area (Å²) in [5.41, 5.74) is 1.55. The summed E-state index contributed by atoms with van der Waals surface area (Å²) in [7, 11) is 0. The number of aromatic nitrogens is 2. The summed E-state index contributed by atoms with van der Waals surface area (Å²) in [6.45, 7) is 2.71. The average molecular weight is 265 g/mol. The third kappa shape index (κ3) is 3.16. The molecule has 1 heterocycles. The van der Waals surface area contributed by atoms with Gasteiger partial charge in [-0.3, -0.25) is 4.79 Å². The molecule has 96 valence electrons. The van der Waals surface area contributed by atoms with E-state index in [1.165, 1.54) is 11.8 Å². The molecule has 18 heavy (non-hydrogen) atoms. The average Bonchev–Trinajstić information content (AvgIpc) is 2.75. The van der Waals surface area contributed by atoms with Gasteiger partial charge in [0, 0.05) is 12.6 Å². The maximum absolute atomic E-state index is 11.4. The second kappa shape index (κ2) is 5.77. The van der Waals surface area contributed by atoms with Crippen molar-refractivity contribution in [1.29, 1.82) is 0 Å². The van der Waals surface area contributed by atoms with E-state index in [1.807, 2.05) is 6.92 Å². The lowest BCUT2D eigenvalue weighted by Crippen LogP contribution is -2.25. The molecule has 1 aromatic carbocycles. The zero-order valence-electron chi connectivity index (χ0n) is 10.1. The number of amides is 1. The molecular weight excluding hydrogens is 250 g/mol. The number of imidazole rings is 1. The second-order valence-electron chi connectivity index (χ2n) is 3.88. The highest BCUT2D eigenvalue weighted by molar-refractivity contribution is 7.99. The van der Waals surface area contributed by atoms with Crippen LogP contribution >= 0.6 is 11.8 Å². The Kier molecular flexibility index (Phi) is 4.09. The summed E-state index contributed by atoms with van der Waals surface area (Å²) in [5.74, 6) is 0.541. The van der Waals surface area contributed by atoms with Crippen molar-refractivity contribution in [2.24, 2.45) is 0 Å². The highest BCUT2D eigenvalue weighted by atomic mass is 32.2. The molecule has 1 aromatic heterocycles. The molecule has 2 aromatic rings. The minimum atomic E-state index is 0.00477. The van der Waals surface area contributed by atoms with Crippen molar-refractivity contribution in [2.45, 2.75) is 18.5 Å². The van der Waals surface area contributed by atoms with Gasteiger partial charge in [-0.2, -0.15) is 0 Å². The minimum absolute atomic E-state index is 0.00477. The number of aromatic hydroxyl groups is 1. The van der Waals surface area contributed by atoms with Crippen molar-refractivity contribution in [3.8, 4) is 5.75 Å². The maximum Gasteiger partial charge on any atom is 0.230 e. The molecule has 0 saturated carbocycles. The van der Waals surface area contributed by atoms with Gasteiger partial charge in [0.05, 0.1) is 16.8 Å². The lowest BCUT2D eigenvalue weighted by atomic mass is 10.3. The predicted molar refractivity (Wildman–Crippen MR) is 71.8 cm³/mol. The van der Waals surface area contributed by atoms with Gasteiger partial charge in [0.1, 0.15) is 5.75 Å². The molecule has 1 amide bonds. The Balaban J connectivity index is 1.97. The topological polar surface area (TPSA) is 78.0 Å². The van der Waals surface area contributed by atoms with Crippen LogP contribution in [-0.2, 0) is 4.79 Å². The van der Waals surface area contributed by atoms with Crippen molar-refractivity contribution < 1.29 is 9.90 Å². The van der Waals surface area contributed by atoms with Gasteiger partial charge in [0.15, 0.2) is 5.16 Å². The lowest BCUT2D eigenvalue weighted by molar-refractivity contribution is -0.118. The van der Waals surface area contributed by atoms with Crippen LogP contribution in [0.3, 0.4) is 0 Å². The first kappa shape index (κ1) is 12.8. The van der Waals surface area contributed by atoms with Gasteiger partial charge >= 0.3 is 0 Å². The van der Waals surface area contributed by atoms with E-state index in [1.54, 1.807) is 18.2 Å². The summed E-state index contributed by atoms with van der Waals surface area (Å²) in [4.78, 5) is 18.8. The first-order valence-electron chi connectivity index (χ1n) is 5.77. The Bertz CT molecular complexity index is 553. The third-order valence-corrected chi connectivity index (χ3v) is 3.23. The Hall–Kier alpha value is -1.69. The van der Waals surface area contributed by atoms with Crippen LogP contribution in [0.5, 0.6) is 5.75 Å². The van der Waals surface area contributed by atoms with E-state index in [9.17, 15) is 9.90 Å². The molecule has 0 saturated heterocycles. The summed E-state index contributed by atoms with van der Waals surface area (Å²) in [6.07, 6.45) is 0.931. The molecule has 2 rings (SSSR count). The minimum Gasteiger partial charge on any atom is -0.508 e. The van der Waals surface area contributed by atoms with Crippen LogP contribution in [0.15, 0.2) is 23.4 Å². The fourth-order valence-corrected chi connectivity index (χ4v) is 2.21. The zero-order chi connectivity index (χ0) is 13.0. The number of fused-ring (bicyclic) bond motifs is 1. The van der Waals surface area contributed by atoms with Crippen molar-refractivity contribution in [3.63, 3.8) is 0 Å². The third-order valence-electron chi connectivity index (χ3n) is 2.36. The molecule has 0 radical (unpaired) electrons. The molecule has 0 aliphatic rings. The number of phenolic OH excluding ortho intramolecular Hbond substituents is 1. The maximum atomic E-state index is 11.4. The number of aromatic amines is 1. The number of nitrogens with zero attached hydrogens (tertiary/aromatic N) is 1. The van der Waals surface area contributed by atoms with E-state index in [0.29, 0.717) is 17.5 Å². The number of nitrogens with one attached hydrogen (secondary N) is 2. The summed E-state index contributed by atoms with van der Waals surface area (Å²) in [6, 6.07) is 4.94. The summed E-state index contributed by atoms with van der Waals surface area (Å²) < 4.78 is 0. The van der Waals surface area contributed by atoms with E-state index in [2.05, 4.69) is 15.3 Å². The van der Waals surface area contributed by atoms with Crippen molar-refractivity contribution in [3.05, 3.63) is 18.2 Å². The second-order valence-corrected chi connectivity index (χ2v) is 4.85. The monoisotopic (exact) mass is 265 g/mol. The Labute approximate surface area is 109 Å². The number of hydrogen-bond donors (Lipinski definition) is 3. The van der Waals surface area contributed by atoms with Gasteiger partial charge in [0.2, 0.25) is 5.91 Å². The normalized spacial score (nSPS) is 10.7. The number of thioether (sulfide) groups is 1. The predicted octanol–water partition coefficient (Wildman–Crippen LogP) is 1.89. The number of H-pyrrole nitrogens is 1. The van der Waals surface area contributed by atoms with E-state index in [4.69, 9.17) is 0 Å². The van der Waals surface area contributed by atoms with Crippen LogP contribution < -0.4 is 5.32 Å². The molecule has 0 aliphatic carbocycles. The standard InChI is InChI=1S/C12H15N3O2S/c1-2-5-13-11(17)7-18-12-14-9-4-3-8(16)6-10(9)15-12/h3-4,6,16H,2,5,7H2,1H3,(H,13,17)(H,14,15). The fraction of sp³-hybridized carbons (Fsp3) is 0.333. The number of rotatable bonds is 5. The van der Waals surface area contributed by atoms with Crippen LogP contribution in [0.2, 0.25) is 0 Å². The van der Waals surface area contributed by atoms with Crippen LogP contribution in [0.1, 0.15) is 13.3 Å². The molecule has 0 bridgehead atoms. The smallest absolute Gasteiger partial charge is 0.230 e. The summed E-state index contributed by atoms with van der Waals surface area (Å²) >= 11 is 1.35. The molecule has 5 nitrogen and oxygen atoms in total. The van der Waals surface area contributed by atoms with Gasteiger partial charge in [-0.1, -0.05) is 18.7 Å². The van der Waals surface area contributed by atoms with Gasteiger partial charge in [-0.25, -0.2) is 4.98 Å². The highest BCUT2D eigenvalue weighted by Gasteiger charge is 2.06. The van der Waals surface area contributed by atoms with Crippen LogP contribution in [0.25, 0.3) is 11.0 Å². The van der Waals surface area contributed by atoms with Gasteiger partial charge in [-0.15, -0.1) is 0 Å². The molecule has 0 unspecified atom stereocenters. The molecule has 0 atom stereocenters. The molecule has 0 spiro atoms. The largest absolute Gasteiger partial charge is 0.508 e. The number of hydrogen-bond acceptors (Lipinski definition) is 4. The van der Waals surface area contributed by atoms with E-state index in [0.717, 1.165) is 17.5 Å². The number of benzene rings is 1. The number of carbonyl (C=O) groups excluding carboxylic acids is 1. The van der Waals surface area contributed by atoms with Crippen LogP contribution in [0, 0.1) is 0 Å². The van der Waals surface area contributed by atoms with Crippen molar-refractivity contribution >= 4 is 28.7 Å². The van der Waals surface area contributed by atoms with Gasteiger partial charge in [-0.05, 0) is 18.6 Å². The molecule has 6 heteroatoms. The van der Waals surface area contributed by atoms with Gasteiger partial charge < -0.3 is 15.4 Å². The molecular formula is C12H15N3O2S. The van der Waals surface area contributed by atoms with Crippen molar-refractivity contribution in [1.82, 2.24) is 15.3 Å². The lowest BCUT2D eigenvalue weighted by Gasteiger charge is -2.00. The first-order valence-corrected chi connectivity index (χ1v) is 6.76. The quantitative estimate of drug-likeness (QED) is 0.721. The Morgan fingerprint density at radius 1 is 1.56 bits per heavy atom. The Morgan fingerprint density at radius 2 is 2.39 bits per heavy atom. The van der Waals surface area contributed by atoms with Gasteiger partial charge in [0.25, 0.3) is 0 Å². The van der Waals surface area contributed by atoms with Crippen LogP contribution in [0.4, 0.5) is 0 Å². The Morgan fingerprint density at radius 3 is 3.17 bits per heavy atom. The highest BCUT2D eigenvalue weighted by Crippen LogP contribution is 2.22. The van der Waals surface area contributed by atoms with E-state index >= 15 is 0 Å². The molecule has 0 fully saturated rings. The van der Waals surface area contributed by atoms with Crippen molar-refractivity contribution in [2.75, 3.05) is 12.3 Å². The van der Waals surface area contributed by atoms with E-state index < -0.39 is 0 Å². The van der Waals surface area contributed by atoms with E-state index in [-0.39, 0.29) is 11.7 Å². The molecule has 0 aliphatic heterocycles. The SMILES string of the molecule is CCCNC(=O)CSc1nc2ccc(O)cc2[nH]1.